The highest BCUT2D eigenvalue weighted by Crippen LogP contribution is 2.54. The Morgan fingerprint density at radius 3 is 2.63 bits per heavy atom. The fourth-order valence-corrected chi connectivity index (χ4v) is 5.77. The summed E-state index contributed by atoms with van der Waals surface area (Å²) in [6, 6.07) is 6.70. The maximum Gasteiger partial charge on any atom is 0.354 e. The molecule has 0 saturated heterocycles. The van der Waals surface area contributed by atoms with Crippen molar-refractivity contribution < 1.29 is 7.53 Å². The van der Waals surface area contributed by atoms with Crippen molar-refractivity contribution in [3.05, 3.63) is 47.1 Å². The van der Waals surface area contributed by atoms with E-state index in [9.17, 15) is 0 Å². The lowest BCUT2D eigenvalue weighted by atomic mass is 9.90. The number of fused-ring (bicyclic) bond motifs is 1. The maximum absolute atomic E-state index is 5.63. The summed E-state index contributed by atoms with van der Waals surface area (Å²) in [6.07, 6.45) is 16.8. The van der Waals surface area contributed by atoms with Crippen LogP contribution in [-0.2, 0) is 0 Å². The SMILES string of the molecule is C=[N+](I)c1ccc(C2CCCC(C3=C4CC/C=C/CCC43)CC2)cc1OC. The number of halogens is 1. The zero-order valence-electron chi connectivity index (χ0n) is 16.4. The number of ether oxygens (including phenoxy) is 1. The normalized spacial score (nSPS) is 29.2. The highest BCUT2D eigenvalue weighted by Gasteiger charge is 2.40. The van der Waals surface area contributed by atoms with Crippen molar-refractivity contribution in [2.75, 3.05) is 7.11 Å². The Bertz CT molecular complexity index is 779. The van der Waals surface area contributed by atoms with E-state index in [0.717, 1.165) is 23.3 Å². The summed E-state index contributed by atoms with van der Waals surface area (Å²) in [5.74, 6) is 3.35. The zero-order valence-corrected chi connectivity index (χ0v) is 18.6. The molecule has 3 atom stereocenters. The van der Waals surface area contributed by atoms with Crippen molar-refractivity contribution in [2.45, 2.75) is 63.7 Å². The fourth-order valence-electron chi connectivity index (χ4n) is 5.37. The van der Waals surface area contributed by atoms with Gasteiger partial charge >= 0.3 is 22.9 Å². The van der Waals surface area contributed by atoms with E-state index in [1.54, 1.807) is 7.11 Å². The molecule has 3 aliphatic rings. The van der Waals surface area contributed by atoms with E-state index in [0.29, 0.717) is 5.92 Å². The lowest BCUT2D eigenvalue weighted by Crippen LogP contribution is -2.01. The Morgan fingerprint density at radius 1 is 1.04 bits per heavy atom. The molecule has 0 aromatic heterocycles. The van der Waals surface area contributed by atoms with Gasteiger partial charge in [-0.3, -0.25) is 0 Å². The van der Waals surface area contributed by atoms with Crippen LogP contribution in [0.15, 0.2) is 41.5 Å². The van der Waals surface area contributed by atoms with Crippen LogP contribution >= 0.6 is 22.9 Å². The van der Waals surface area contributed by atoms with Crippen LogP contribution < -0.4 is 4.74 Å². The van der Waals surface area contributed by atoms with Crippen molar-refractivity contribution in [3.63, 3.8) is 0 Å². The molecule has 0 radical (unpaired) electrons. The van der Waals surface area contributed by atoms with E-state index in [1.165, 1.54) is 63.4 Å². The van der Waals surface area contributed by atoms with Crippen molar-refractivity contribution in [1.29, 1.82) is 0 Å². The minimum Gasteiger partial charge on any atom is -0.490 e. The van der Waals surface area contributed by atoms with Crippen LogP contribution in [0.4, 0.5) is 5.69 Å². The topological polar surface area (TPSA) is 12.2 Å². The zero-order chi connectivity index (χ0) is 18.8. The molecule has 0 aliphatic heterocycles. The third kappa shape index (κ3) is 4.18. The largest absolute Gasteiger partial charge is 0.490 e. The second kappa shape index (κ2) is 8.50. The monoisotopic (exact) mass is 476 g/mol. The Kier molecular flexibility index (Phi) is 6.05. The maximum atomic E-state index is 5.63. The van der Waals surface area contributed by atoms with Gasteiger partial charge in [0.05, 0.1) is 7.11 Å². The van der Waals surface area contributed by atoms with Crippen LogP contribution in [0.3, 0.4) is 0 Å². The van der Waals surface area contributed by atoms with Gasteiger partial charge in [0, 0.05) is 12.0 Å². The van der Waals surface area contributed by atoms with Gasteiger partial charge in [0.25, 0.3) is 5.69 Å². The van der Waals surface area contributed by atoms with E-state index in [1.807, 2.05) is 13.9 Å². The lowest BCUT2D eigenvalue weighted by molar-refractivity contribution is -0.170. The number of benzene rings is 1. The van der Waals surface area contributed by atoms with Gasteiger partial charge < -0.3 is 4.74 Å². The van der Waals surface area contributed by atoms with Crippen LogP contribution in [0.2, 0.25) is 0 Å². The standard InChI is InChI=1S/C24H31INO/c1-26(25)22-15-14-19(16-23(22)27-2)17-8-7-9-18(13-12-17)24-20-10-5-3-4-6-11-21(20)24/h3-4,14-18,20H,1,5-13H2,2H3/q+1/b4-3+. The first-order valence-electron chi connectivity index (χ1n) is 10.5. The highest BCUT2D eigenvalue weighted by molar-refractivity contribution is 14.1. The molecule has 0 heterocycles. The van der Waals surface area contributed by atoms with Crippen LogP contribution in [0.1, 0.15) is 69.3 Å². The van der Waals surface area contributed by atoms with E-state index in [2.05, 4.69) is 59.9 Å². The number of methoxy groups -OCH3 is 1. The second-order valence-electron chi connectivity index (χ2n) is 8.32. The van der Waals surface area contributed by atoms with E-state index >= 15 is 0 Å². The van der Waals surface area contributed by atoms with Gasteiger partial charge in [-0.25, -0.2) is 0 Å². The Balaban J connectivity index is 1.44. The van der Waals surface area contributed by atoms with Crippen molar-refractivity contribution in [1.82, 2.24) is 0 Å². The average molecular weight is 476 g/mol. The van der Waals surface area contributed by atoms with E-state index in [4.69, 9.17) is 4.74 Å². The molecular formula is C24H31INO+. The summed E-state index contributed by atoms with van der Waals surface area (Å²) in [4.78, 5) is 0. The summed E-state index contributed by atoms with van der Waals surface area (Å²) < 4.78 is 7.48. The molecule has 2 nitrogen and oxygen atoms in total. The predicted molar refractivity (Wildman–Crippen MR) is 121 cm³/mol. The molecule has 3 heteroatoms. The molecule has 0 spiro atoms. The molecule has 1 aromatic carbocycles. The van der Waals surface area contributed by atoms with Crippen LogP contribution in [-0.4, -0.2) is 16.6 Å². The lowest BCUT2D eigenvalue weighted by Gasteiger charge is -2.16. The van der Waals surface area contributed by atoms with Gasteiger partial charge in [-0.05, 0) is 74.8 Å². The van der Waals surface area contributed by atoms with Crippen molar-refractivity contribution >= 4 is 35.3 Å². The van der Waals surface area contributed by atoms with Crippen LogP contribution in [0.25, 0.3) is 0 Å². The number of hydrogen-bond acceptors (Lipinski definition) is 1. The fraction of sp³-hybridized carbons (Fsp3) is 0.542. The van der Waals surface area contributed by atoms with Gasteiger partial charge in [0.2, 0.25) is 0 Å². The predicted octanol–water partition coefficient (Wildman–Crippen LogP) is 7.11. The van der Waals surface area contributed by atoms with E-state index in [-0.39, 0.29) is 0 Å². The Hall–Kier alpha value is -1.10. The van der Waals surface area contributed by atoms with E-state index < -0.39 is 0 Å². The minimum absolute atomic E-state index is 0.670. The van der Waals surface area contributed by atoms with Crippen molar-refractivity contribution in [3.8, 4) is 5.75 Å². The summed E-state index contributed by atoms with van der Waals surface area (Å²) in [5, 5.41) is 0. The number of hydrogen-bond donors (Lipinski definition) is 0. The molecule has 1 fully saturated rings. The first-order valence-corrected chi connectivity index (χ1v) is 11.5. The molecule has 3 aliphatic carbocycles. The summed E-state index contributed by atoms with van der Waals surface area (Å²) >= 11 is 2.20. The first-order chi connectivity index (χ1) is 13.2. The molecule has 4 rings (SSSR count). The molecule has 0 N–H and O–H groups in total. The summed E-state index contributed by atoms with van der Waals surface area (Å²) in [6.45, 7) is 3.99. The molecule has 144 valence electrons. The second-order valence-corrected chi connectivity index (χ2v) is 9.48. The van der Waals surface area contributed by atoms with Crippen LogP contribution in [0, 0.1) is 11.8 Å². The molecule has 3 unspecified atom stereocenters. The van der Waals surface area contributed by atoms with Gasteiger partial charge in [0.1, 0.15) is 6.72 Å². The third-order valence-electron chi connectivity index (χ3n) is 6.80. The third-order valence-corrected chi connectivity index (χ3v) is 7.32. The molecule has 27 heavy (non-hydrogen) atoms. The Morgan fingerprint density at radius 2 is 1.81 bits per heavy atom. The summed E-state index contributed by atoms with van der Waals surface area (Å²) in [7, 11) is 1.76. The van der Waals surface area contributed by atoms with Gasteiger partial charge in [-0.1, -0.05) is 35.8 Å². The molecule has 0 amide bonds. The minimum atomic E-state index is 0.670. The average Bonchev–Trinajstić information content (AvgIpc) is 3.37. The summed E-state index contributed by atoms with van der Waals surface area (Å²) in [5.41, 5.74) is 6.21. The smallest absolute Gasteiger partial charge is 0.354 e. The molecular weight excluding hydrogens is 445 g/mol. The molecule has 1 saturated carbocycles. The number of rotatable bonds is 4. The van der Waals surface area contributed by atoms with Gasteiger partial charge in [-0.15, -0.1) is 2.79 Å². The highest BCUT2D eigenvalue weighted by atomic mass is 127. The molecule has 0 bridgehead atoms. The quantitative estimate of drug-likeness (QED) is 0.148. The number of allylic oxidation sites excluding steroid dienone is 4. The number of nitrogens with zero attached hydrogens (tertiary/aromatic N) is 1. The van der Waals surface area contributed by atoms with Gasteiger partial charge in [-0.2, -0.15) is 0 Å². The molecule has 1 aromatic rings. The Labute approximate surface area is 177 Å². The van der Waals surface area contributed by atoms with Crippen molar-refractivity contribution in [2.24, 2.45) is 11.8 Å². The van der Waals surface area contributed by atoms with Gasteiger partial charge in [0.15, 0.2) is 5.75 Å². The first kappa shape index (κ1) is 19.2. The van der Waals surface area contributed by atoms with Crippen LogP contribution in [0.5, 0.6) is 5.75 Å².